The predicted molar refractivity (Wildman–Crippen MR) is 67.8 cm³/mol. The number of pyridine rings is 2. The van der Waals surface area contributed by atoms with Gasteiger partial charge >= 0.3 is 5.97 Å². The van der Waals surface area contributed by atoms with Crippen molar-refractivity contribution in [3.63, 3.8) is 0 Å². The molecular weight excluding hydrogens is 246 g/mol. The average molecular weight is 257 g/mol. The molecule has 0 saturated carbocycles. The van der Waals surface area contributed by atoms with E-state index in [9.17, 15) is 9.59 Å². The maximum absolute atomic E-state index is 11.8. The number of rotatable bonds is 2. The van der Waals surface area contributed by atoms with Crippen LogP contribution >= 0.6 is 0 Å². The number of hydrogen-bond donors (Lipinski definition) is 1. The Balaban J connectivity index is 2.80. The first-order chi connectivity index (χ1) is 9.12. The number of ether oxygens (including phenoxy) is 1. The third-order valence-corrected chi connectivity index (χ3v) is 2.84. The fourth-order valence-corrected chi connectivity index (χ4v) is 1.93. The Morgan fingerprint density at radius 2 is 2.32 bits per heavy atom. The van der Waals surface area contributed by atoms with Gasteiger partial charge in [-0.3, -0.25) is 9.78 Å². The number of nitrogens with zero attached hydrogens (tertiary/aromatic N) is 2. The van der Waals surface area contributed by atoms with E-state index in [0.29, 0.717) is 23.0 Å². The summed E-state index contributed by atoms with van der Waals surface area (Å²) in [5.41, 5.74) is 1.36. The molecule has 0 aromatic carbocycles. The summed E-state index contributed by atoms with van der Waals surface area (Å²) >= 11 is 0. The molecular formula is C13H11N3O3. The number of aromatic nitrogens is 2. The first-order valence-electron chi connectivity index (χ1n) is 5.65. The number of hydrogen-bond acceptors (Lipinski definition) is 5. The second kappa shape index (κ2) is 4.90. The summed E-state index contributed by atoms with van der Waals surface area (Å²) in [6.45, 7) is 1.84. The van der Waals surface area contributed by atoms with Gasteiger partial charge in [0.15, 0.2) is 0 Å². The number of carbonyl (C=O) groups is 1. The maximum Gasteiger partial charge on any atom is 0.339 e. The fraction of sp³-hybridized carbons (Fsp3) is 0.231. The Bertz CT molecular complexity index is 756. The molecule has 96 valence electrons. The topological polar surface area (TPSA) is 95.8 Å². The van der Waals surface area contributed by atoms with Crippen LogP contribution in [0, 0.1) is 11.3 Å². The molecule has 0 aliphatic carbocycles. The number of methoxy groups -OCH3 is 1. The van der Waals surface area contributed by atoms with Gasteiger partial charge in [-0.05, 0) is 12.5 Å². The molecule has 0 radical (unpaired) electrons. The highest BCUT2D eigenvalue weighted by molar-refractivity contribution is 5.93. The van der Waals surface area contributed by atoms with Crippen molar-refractivity contribution in [3.8, 4) is 6.07 Å². The van der Waals surface area contributed by atoms with Crippen LogP contribution in [0.1, 0.15) is 28.4 Å². The molecule has 0 unspecified atom stereocenters. The molecule has 2 heterocycles. The molecule has 0 saturated heterocycles. The van der Waals surface area contributed by atoms with Gasteiger partial charge in [-0.2, -0.15) is 5.26 Å². The first-order valence-corrected chi connectivity index (χ1v) is 5.65. The van der Waals surface area contributed by atoms with Crippen molar-refractivity contribution in [2.45, 2.75) is 13.3 Å². The van der Waals surface area contributed by atoms with Gasteiger partial charge in [0, 0.05) is 11.8 Å². The number of nitrogens with one attached hydrogen (secondary N) is 1. The standard InChI is InChI=1S/C13H11N3O3/c1-3-8-9(5-14)12(17)16-10-4-7(13(18)19-2)6-15-11(8)10/h4,6H,3H2,1-2H3,(H,16,17). The van der Waals surface area contributed by atoms with Gasteiger partial charge in [0.25, 0.3) is 5.56 Å². The van der Waals surface area contributed by atoms with Gasteiger partial charge in [0.05, 0.1) is 23.7 Å². The number of aromatic amines is 1. The number of aryl methyl sites for hydroxylation is 1. The molecule has 2 aromatic rings. The number of nitriles is 1. The average Bonchev–Trinajstić information content (AvgIpc) is 2.44. The summed E-state index contributed by atoms with van der Waals surface area (Å²) in [7, 11) is 1.27. The highest BCUT2D eigenvalue weighted by Gasteiger charge is 2.14. The number of esters is 1. The molecule has 1 N–H and O–H groups in total. The van der Waals surface area contributed by atoms with Gasteiger partial charge in [0.2, 0.25) is 0 Å². The lowest BCUT2D eigenvalue weighted by Crippen LogP contribution is -2.15. The van der Waals surface area contributed by atoms with Gasteiger partial charge in [-0.1, -0.05) is 6.92 Å². The van der Waals surface area contributed by atoms with Crippen molar-refractivity contribution in [3.05, 3.63) is 39.3 Å². The summed E-state index contributed by atoms with van der Waals surface area (Å²) in [4.78, 5) is 29.9. The Morgan fingerprint density at radius 3 is 2.89 bits per heavy atom. The van der Waals surface area contributed by atoms with E-state index in [1.165, 1.54) is 19.4 Å². The second-order valence-corrected chi connectivity index (χ2v) is 3.88. The van der Waals surface area contributed by atoms with Crippen LogP contribution in [0.15, 0.2) is 17.1 Å². The van der Waals surface area contributed by atoms with E-state index in [4.69, 9.17) is 5.26 Å². The van der Waals surface area contributed by atoms with E-state index in [-0.39, 0.29) is 11.1 Å². The number of fused-ring (bicyclic) bond motifs is 1. The van der Waals surface area contributed by atoms with E-state index < -0.39 is 11.5 Å². The summed E-state index contributed by atoms with van der Waals surface area (Å²) in [5.74, 6) is -0.530. The van der Waals surface area contributed by atoms with Crippen LogP contribution in [0.5, 0.6) is 0 Å². The highest BCUT2D eigenvalue weighted by atomic mass is 16.5. The molecule has 0 aliphatic rings. The molecule has 19 heavy (non-hydrogen) atoms. The molecule has 0 bridgehead atoms. The van der Waals surface area contributed by atoms with E-state index >= 15 is 0 Å². The minimum Gasteiger partial charge on any atom is -0.465 e. The number of H-pyrrole nitrogens is 1. The van der Waals surface area contributed by atoms with E-state index in [2.05, 4.69) is 14.7 Å². The maximum atomic E-state index is 11.8. The van der Waals surface area contributed by atoms with Crippen molar-refractivity contribution in [2.24, 2.45) is 0 Å². The second-order valence-electron chi connectivity index (χ2n) is 3.88. The van der Waals surface area contributed by atoms with E-state index in [1.807, 2.05) is 13.0 Å². The molecule has 6 nitrogen and oxygen atoms in total. The van der Waals surface area contributed by atoms with Crippen LogP contribution in [0.3, 0.4) is 0 Å². The number of carbonyl (C=O) groups excluding carboxylic acids is 1. The van der Waals surface area contributed by atoms with E-state index in [0.717, 1.165) is 0 Å². The SMILES string of the molecule is CCc1c(C#N)c(=O)[nH]c2cc(C(=O)OC)cnc12. The van der Waals surface area contributed by atoms with Crippen LogP contribution < -0.4 is 5.56 Å². The molecule has 0 spiro atoms. The zero-order valence-electron chi connectivity index (χ0n) is 10.5. The van der Waals surface area contributed by atoms with Crippen LogP contribution in [-0.2, 0) is 11.2 Å². The normalized spacial score (nSPS) is 10.2. The Hall–Kier alpha value is -2.68. The molecule has 2 aromatic heterocycles. The predicted octanol–water partition coefficient (Wildman–Crippen LogP) is 1.14. The van der Waals surface area contributed by atoms with Crippen molar-refractivity contribution in [1.29, 1.82) is 5.26 Å². The van der Waals surface area contributed by atoms with Crippen molar-refractivity contribution in [2.75, 3.05) is 7.11 Å². The lowest BCUT2D eigenvalue weighted by atomic mass is 10.1. The third-order valence-electron chi connectivity index (χ3n) is 2.84. The minimum absolute atomic E-state index is 0.0633. The van der Waals surface area contributed by atoms with Gasteiger partial charge in [-0.25, -0.2) is 4.79 Å². The molecule has 0 aliphatic heterocycles. The molecule has 0 amide bonds. The third kappa shape index (κ3) is 2.06. The Labute approximate surface area is 108 Å². The Kier molecular flexibility index (Phi) is 3.29. The van der Waals surface area contributed by atoms with Gasteiger partial charge in [0.1, 0.15) is 11.6 Å². The zero-order valence-corrected chi connectivity index (χ0v) is 10.5. The lowest BCUT2D eigenvalue weighted by Gasteiger charge is -2.06. The van der Waals surface area contributed by atoms with Crippen molar-refractivity contribution in [1.82, 2.24) is 9.97 Å². The van der Waals surface area contributed by atoms with Gasteiger partial charge < -0.3 is 9.72 Å². The summed E-state index contributed by atoms with van der Waals surface area (Å²) < 4.78 is 4.59. The quantitative estimate of drug-likeness (QED) is 0.814. The minimum atomic E-state index is -0.530. The highest BCUT2D eigenvalue weighted by Crippen LogP contribution is 2.17. The van der Waals surface area contributed by atoms with Crippen LogP contribution in [-0.4, -0.2) is 23.0 Å². The molecule has 0 atom stereocenters. The van der Waals surface area contributed by atoms with Gasteiger partial charge in [-0.15, -0.1) is 0 Å². The fourth-order valence-electron chi connectivity index (χ4n) is 1.93. The first kappa shape index (κ1) is 12.8. The largest absolute Gasteiger partial charge is 0.465 e. The van der Waals surface area contributed by atoms with Crippen LogP contribution in [0.25, 0.3) is 11.0 Å². The summed E-state index contributed by atoms with van der Waals surface area (Å²) in [6.07, 6.45) is 1.88. The summed E-state index contributed by atoms with van der Waals surface area (Å²) in [5, 5.41) is 9.00. The summed E-state index contributed by atoms with van der Waals surface area (Å²) in [6, 6.07) is 3.38. The Morgan fingerprint density at radius 1 is 1.58 bits per heavy atom. The zero-order chi connectivity index (χ0) is 14.0. The molecule has 0 fully saturated rings. The smallest absolute Gasteiger partial charge is 0.339 e. The van der Waals surface area contributed by atoms with E-state index in [1.54, 1.807) is 0 Å². The lowest BCUT2D eigenvalue weighted by molar-refractivity contribution is 0.0600. The van der Waals surface area contributed by atoms with Crippen molar-refractivity contribution < 1.29 is 9.53 Å². The molecule has 2 rings (SSSR count). The van der Waals surface area contributed by atoms with Crippen LogP contribution in [0.4, 0.5) is 0 Å². The van der Waals surface area contributed by atoms with Crippen LogP contribution in [0.2, 0.25) is 0 Å². The van der Waals surface area contributed by atoms with Crippen molar-refractivity contribution >= 4 is 17.0 Å². The monoisotopic (exact) mass is 257 g/mol. The molecule has 6 heteroatoms.